The Hall–Kier alpha value is -1.16. The topological polar surface area (TPSA) is 85.2 Å². The van der Waals surface area contributed by atoms with Crippen LogP contribution in [0.2, 0.25) is 0 Å². The summed E-state index contributed by atoms with van der Waals surface area (Å²) in [5.74, 6) is -1.16. The van der Waals surface area contributed by atoms with Gasteiger partial charge in [0.15, 0.2) is 5.60 Å². The van der Waals surface area contributed by atoms with Crippen LogP contribution in [0.3, 0.4) is 0 Å². The lowest BCUT2D eigenvalue weighted by Gasteiger charge is -2.44. The van der Waals surface area contributed by atoms with E-state index < -0.39 is 47.3 Å². The van der Waals surface area contributed by atoms with Gasteiger partial charge in [-0.25, -0.2) is 4.79 Å². The Morgan fingerprint density at radius 1 is 0.906 bits per heavy atom. The third-order valence-electron chi connectivity index (χ3n) is 6.06. The highest BCUT2D eigenvalue weighted by Gasteiger charge is 2.54. The van der Waals surface area contributed by atoms with Crippen LogP contribution in [0.5, 0.6) is 0 Å². The first kappa shape index (κ1) is 28.9. The first-order valence-corrected chi connectivity index (χ1v) is 10.7. The Morgan fingerprint density at radius 2 is 1.31 bits per heavy atom. The number of ether oxygens (including phenoxy) is 3. The molecule has 0 bridgehead atoms. The number of rotatable bonds is 10. The number of hydrogen-bond donors (Lipinski definition) is 2. The molecule has 1 fully saturated rings. The quantitative estimate of drug-likeness (QED) is 0.370. The van der Waals surface area contributed by atoms with E-state index in [-0.39, 0.29) is 24.0 Å². The number of halogens is 3. The molecule has 0 aromatic carbocycles. The van der Waals surface area contributed by atoms with E-state index in [0.717, 1.165) is 0 Å². The van der Waals surface area contributed by atoms with Crippen molar-refractivity contribution >= 4 is 5.97 Å². The highest BCUT2D eigenvalue weighted by Crippen LogP contribution is 2.48. The monoisotopic (exact) mass is 468 g/mol. The molecule has 6 nitrogen and oxygen atoms in total. The lowest BCUT2D eigenvalue weighted by molar-refractivity contribution is -0.279. The van der Waals surface area contributed by atoms with Crippen molar-refractivity contribution in [2.24, 2.45) is 11.8 Å². The Balaban J connectivity index is 3.14. The zero-order chi connectivity index (χ0) is 25.3. The molecule has 0 aliphatic heterocycles. The number of alkyl halides is 3. The largest absolute Gasteiger partial charge is 0.459 e. The average molecular weight is 469 g/mol. The van der Waals surface area contributed by atoms with E-state index in [4.69, 9.17) is 14.2 Å². The lowest BCUT2D eigenvalue weighted by Crippen LogP contribution is -2.51. The van der Waals surface area contributed by atoms with Gasteiger partial charge in [-0.2, -0.15) is 13.2 Å². The molecule has 0 saturated heterocycles. The minimum atomic E-state index is -4.84. The van der Waals surface area contributed by atoms with Gasteiger partial charge >= 0.3 is 12.1 Å². The van der Waals surface area contributed by atoms with Crippen molar-refractivity contribution in [2.75, 3.05) is 13.2 Å². The van der Waals surface area contributed by atoms with Gasteiger partial charge in [0.1, 0.15) is 6.10 Å². The summed E-state index contributed by atoms with van der Waals surface area (Å²) in [6.07, 6.45) is -4.58. The van der Waals surface area contributed by atoms with Crippen LogP contribution in [0.15, 0.2) is 12.2 Å². The third-order valence-corrected chi connectivity index (χ3v) is 6.06. The standard InChI is InChI=1S/C23H39F3O6/c1-14(2)18(27)32-15-10-16(20(5,6)30-12-19(3,4)28)17(11-15)21(7,8)31-13-22(9,29)23(24,25)26/h15-17,28-29H,1,10-13H2,2-9H3. The molecule has 2 N–H and O–H groups in total. The molecule has 4 atom stereocenters. The second-order valence-electron chi connectivity index (χ2n) is 10.9. The van der Waals surface area contributed by atoms with Crippen LogP contribution in [0, 0.1) is 11.8 Å². The Bertz CT molecular complexity index is 676. The van der Waals surface area contributed by atoms with Gasteiger partial charge in [0, 0.05) is 5.57 Å². The predicted octanol–water partition coefficient (Wildman–Crippen LogP) is 4.18. The Labute approximate surface area is 189 Å². The summed E-state index contributed by atoms with van der Waals surface area (Å²) >= 11 is 0. The first-order chi connectivity index (χ1) is 14.1. The van der Waals surface area contributed by atoms with E-state index in [2.05, 4.69) is 6.58 Å². The van der Waals surface area contributed by atoms with Crippen molar-refractivity contribution in [1.29, 1.82) is 0 Å². The molecule has 0 aromatic heterocycles. The van der Waals surface area contributed by atoms with Crippen LogP contribution in [-0.2, 0) is 19.0 Å². The lowest BCUT2D eigenvalue weighted by atomic mass is 9.74. The molecule has 4 unspecified atom stereocenters. The van der Waals surface area contributed by atoms with Crippen molar-refractivity contribution in [3.05, 3.63) is 12.2 Å². The molecule has 188 valence electrons. The van der Waals surface area contributed by atoms with Crippen LogP contribution in [0.4, 0.5) is 13.2 Å². The van der Waals surface area contributed by atoms with Gasteiger partial charge < -0.3 is 24.4 Å². The van der Waals surface area contributed by atoms with Gasteiger partial charge in [0.05, 0.1) is 30.0 Å². The maximum atomic E-state index is 13.1. The minimum Gasteiger partial charge on any atom is -0.459 e. The molecule has 1 rings (SSSR count). The molecule has 0 heterocycles. The molecule has 0 radical (unpaired) electrons. The highest BCUT2D eigenvalue weighted by atomic mass is 19.4. The fourth-order valence-electron chi connectivity index (χ4n) is 3.86. The molecule has 9 heteroatoms. The second-order valence-corrected chi connectivity index (χ2v) is 10.9. The smallest absolute Gasteiger partial charge is 0.419 e. The van der Waals surface area contributed by atoms with Gasteiger partial charge in [-0.3, -0.25) is 0 Å². The fraction of sp³-hybridized carbons (Fsp3) is 0.870. The summed E-state index contributed by atoms with van der Waals surface area (Å²) in [6.45, 7) is 15.1. The fourth-order valence-corrected chi connectivity index (χ4v) is 3.86. The summed E-state index contributed by atoms with van der Waals surface area (Å²) < 4.78 is 56.5. The van der Waals surface area contributed by atoms with Crippen molar-refractivity contribution in [1.82, 2.24) is 0 Å². The number of esters is 1. The van der Waals surface area contributed by atoms with Crippen LogP contribution < -0.4 is 0 Å². The Morgan fingerprint density at radius 3 is 1.66 bits per heavy atom. The number of aliphatic hydroxyl groups is 2. The zero-order valence-electron chi connectivity index (χ0n) is 20.4. The highest BCUT2D eigenvalue weighted by molar-refractivity contribution is 5.87. The predicted molar refractivity (Wildman–Crippen MR) is 114 cm³/mol. The second kappa shape index (κ2) is 9.60. The van der Waals surface area contributed by atoms with E-state index >= 15 is 0 Å². The minimum absolute atomic E-state index is 0.0451. The summed E-state index contributed by atoms with van der Waals surface area (Å²) in [5.41, 5.74) is -5.73. The van der Waals surface area contributed by atoms with E-state index in [1.165, 1.54) is 6.92 Å². The maximum Gasteiger partial charge on any atom is 0.419 e. The molecule has 1 aliphatic carbocycles. The molecule has 0 spiro atoms. The van der Waals surface area contributed by atoms with E-state index in [1.54, 1.807) is 27.7 Å². The van der Waals surface area contributed by atoms with E-state index in [9.17, 15) is 28.2 Å². The summed E-state index contributed by atoms with van der Waals surface area (Å²) in [5, 5.41) is 19.9. The van der Waals surface area contributed by atoms with Crippen molar-refractivity contribution in [2.45, 2.75) is 103 Å². The molecule has 0 amide bonds. The van der Waals surface area contributed by atoms with Gasteiger partial charge in [-0.15, -0.1) is 0 Å². The molecule has 1 aliphatic rings. The van der Waals surface area contributed by atoms with E-state index in [0.29, 0.717) is 19.8 Å². The van der Waals surface area contributed by atoms with Crippen molar-refractivity contribution < 1.29 is 42.4 Å². The molecule has 32 heavy (non-hydrogen) atoms. The molecular formula is C23H39F3O6. The normalized spacial score (nSPS) is 24.8. The summed E-state index contributed by atoms with van der Waals surface area (Å²) in [7, 11) is 0. The van der Waals surface area contributed by atoms with Gasteiger partial charge in [-0.1, -0.05) is 6.58 Å². The number of hydrogen-bond acceptors (Lipinski definition) is 6. The number of carbonyl (C=O) groups excluding carboxylic acids is 1. The number of carbonyl (C=O) groups is 1. The third kappa shape index (κ3) is 7.71. The summed E-state index contributed by atoms with van der Waals surface area (Å²) in [4.78, 5) is 12.1. The Kier molecular flexibility index (Phi) is 8.66. The van der Waals surface area contributed by atoms with Gasteiger partial charge in [0.25, 0.3) is 0 Å². The zero-order valence-corrected chi connectivity index (χ0v) is 20.4. The van der Waals surface area contributed by atoms with Crippen LogP contribution in [0.1, 0.15) is 68.2 Å². The maximum absolute atomic E-state index is 13.1. The van der Waals surface area contributed by atoms with Crippen LogP contribution in [-0.4, -0.2) is 64.1 Å². The van der Waals surface area contributed by atoms with E-state index in [1.807, 2.05) is 13.8 Å². The molecular weight excluding hydrogens is 429 g/mol. The summed E-state index contributed by atoms with van der Waals surface area (Å²) in [6, 6.07) is 0. The molecule has 1 saturated carbocycles. The van der Waals surface area contributed by atoms with Crippen molar-refractivity contribution in [3.63, 3.8) is 0 Å². The first-order valence-electron chi connectivity index (χ1n) is 10.7. The van der Waals surface area contributed by atoms with Gasteiger partial charge in [0.2, 0.25) is 0 Å². The van der Waals surface area contributed by atoms with Crippen LogP contribution in [0.25, 0.3) is 0 Å². The average Bonchev–Trinajstić information content (AvgIpc) is 3.02. The van der Waals surface area contributed by atoms with Crippen molar-refractivity contribution in [3.8, 4) is 0 Å². The van der Waals surface area contributed by atoms with Crippen LogP contribution >= 0.6 is 0 Å². The molecule has 0 aromatic rings. The van der Waals surface area contributed by atoms with Gasteiger partial charge in [-0.05, 0) is 80.1 Å². The SMILES string of the molecule is C=C(C)C(=O)OC1CC(C(C)(C)OCC(C)(C)O)C(C(C)(C)OCC(C)(O)C(F)(F)F)C1.